The fraction of sp³-hybridized carbons (Fsp3) is 0.296. The van der Waals surface area contributed by atoms with E-state index in [9.17, 15) is 22.8 Å². The van der Waals surface area contributed by atoms with Crippen molar-refractivity contribution in [3.05, 3.63) is 81.8 Å². The van der Waals surface area contributed by atoms with Crippen LogP contribution in [0.25, 0.3) is 16.6 Å². The number of nitrogens with one attached hydrogen (secondary N) is 2. The average molecular weight is 529 g/mol. The molecule has 4 rings (SSSR count). The molecule has 3 aromatic heterocycles. The molecule has 11 heteroatoms. The minimum atomic E-state index is -4.58. The van der Waals surface area contributed by atoms with Gasteiger partial charge in [0.05, 0.1) is 30.4 Å². The number of nitrogens with zero attached hydrogens (tertiary/aromatic N) is 2. The van der Waals surface area contributed by atoms with Gasteiger partial charge in [-0.15, -0.1) is 0 Å². The predicted octanol–water partition coefficient (Wildman–Crippen LogP) is 4.83. The van der Waals surface area contributed by atoms with Crippen LogP contribution in [0.4, 0.5) is 13.2 Å². The highest BCUT2D eigenvalue weighted by Crippen LogP contribution is 2.27. The number of aromatic nitrogens is 3. The van der Waals surface area contributed by atoms with E-state index in [-0.39, 0.29) is 23.6 Å². The summed E-state index contributed by atoms with van der Waals surface area (Å²) in [7, 11) is 1.57. The van der Waals surface area contributed by atoms with Gasteiger partial charge in [-0.3, -0.25) is 14.0 Å². The lowest BCUT2D eigenvalue weighted by Gasteiger charge is -2.15. The maximum atomic E-state index is 13.4. The molecule has 0 atom stereocenters. The van der Waals surface area contributed by atoms with Crippen molar-refractivity contribution in [3.8, 4) is 22.6 Å². The highest BCUT2D eigenvalue weighted by molar-refractivity contribution is 5.95. The van der Waals surface area contributed by atoms with E-state index < -0.39 is 24.2 Å². The number of carbonyl (C=O) groups excluding carboxylic acids is 1. The molecule has 1 aromatic carbocycles. The van der Waals surface area contributed by atoms with Gasteiger partial charge < -0.3 is 19.8 Å². The number of benzene rings is 1. The standard InChI is InChI=1S/C27H27F3N4O4/c1-4-5-21-22-11-18(17-6-8-19(37-3)9-7-17)12-23(34(22)15-32-21)26(36)31-13-20-24(38-14-27(28,29)30)10-16(2)33-25(20)35/h6-12,15H,4-5,13-14H2,1-3H3,(H,31,36)(H,33,35). The molecule has 1 amide bonds. The van der Waals surface area contributed by atoms with Gasteiger partial charge in [0.2, 0.25) is 0 Å². The Hall–Kier alpha value is -4.28. The molecule has 0 fully saturated rings. The van der Waals surface area contributed by atoms with Gasteiger partial charge in [0.15, 0.2) is 6.61 Å². The number of rotatable bonds is 9. The average Bonchev–Trinajstić information content (AvgIpc) is 3.28. The number of H-pyrrole nitrogens is 1. The lowest BCUT2D eigenvalue weighted by atomic mass is 10.0. The van der Waals surface area contributed by atoms with Gasteiger partial charge in [-0.1, -0.05) is 25.5 Å². The number of ether oxygens (including phenoxy) is 2. The summed E-state index contributed by atoms with van der Waals surface area (Å²) in [6, 6.07) is 12.3. The Morgan fingerprint density at radius 3 is 2.53 bits per heavy atom. The smallest absolute Gasteiger partial charge is 0.422 e. The first-order chi connectivity index (χ1) is 18.1. The first-order valence-electron chi connectivity index (χ1n) is 11.9. The molecule has 4 aromatic rings. The number of halogens is 3. The molecule has 0 saturated heterocycles. The SMILES string of the molecule is CCCc1ncn2c(C(=O)NCc3c(OCC(F)(F)F)cc(C)[nH]c3=O)cc(-c3ccc(OC)cc3)cc12. The van der Waals surface area contributed by atoms with Crippen LogP contribution in [0, 0.1) is 6.92 Å². The monoisotopic (exact) mass is 528 g/mol. The molecule has 2 N–H and O–H groups in total. The maximum absolute atomic E-state index is 13.4. The van der Waals surface area contributed by atoms with Crippen LogP contribution in [0.2, 0.25) is 0 Å². The lowest BCUT2D eigenvalue weighted by Crippen LogP contribution is -2.29. The minimum absolute atomic E-state index is 0.118. The highest BCUT2D eigenvalue weighted by Gasteiger charge is 2.29. The molecule has 0 spiro atoms. The number of carbonyl (C=O) groups is 1. The summed E-state index contributed by atoms with van der Waals surface area (Å²) in [4.78, 5) is 32.9. The number of imidazole rings is 1. The third kappa shape index (κ3) is 5.99. The Bertz CT molecular complexity index is 1510. The maximum Gasteiger partial charge on any atom is 0.422 e. The summed E-state index contributed by atoms with van der Waals surface area (Å²) in [5, 5.41) is 2.65. The van der Waals surface area contributed by atoms with Gasteiger partial charge in [-0.25, -0.2) is 4.98 Å². The number of hydrogen-bond acceptors (Lipinski definition) is 5. The predicted molar refractivity (Wildman–Crippen MR) is 136 cm³/mol. The zero-order valence-electron chi connectivity index (χ0n) is 21.1. The van der Waals surface area contributed by atoms with E-state index in [4.69, 9.17) is 9.47 Å². The number of fused-ring (bicyclic) bond motifs is 1. The summed E-state index contributed by atoms with van der Waals surface area (Å²) in [5.41, 5.74) is 3.03. The number of aryl methyl sites for hydroxylation is 2. The van der Waals surface area contributed by atoms with Gasteiger partial charge in [0, 0.05) is 5.69 Å². The molecule has 0 saturated carbocycles. The summed E-state index contributed by atoms with van der Waals surface area (Å²) >= 11 is 0. The fourth-order valence-corrected chi connectivity index (χ4v) is 4.10. The Balaban J connectivity index is 1.69. The van der Waals surface area contributed by atoms with E-state index in [1.165, 1.54) is 13.0 Å². The third-order valence-corrected chi connectivity index (χ3v) is 5.92. The molecule has 0 unspecified atom stereocenters. The molecule has 0 bridgehead atoms. The van der Waals surface area contributed by atoms with Gasteiger partial charge in [0.25, 0.3) is 11.5 Å². The lowest BCUT2D eigenvalue weighted by molar-refractivity contribution is -0.153. The van der Waals surface area contributed by atoms with E-state index in [1.807, 2.05) is 37.3 Å². The van der Waals surface area contributed by atoms with E-state index in [1.54, 1.807) is 23.9 Å². The van der Waals surface area contributed by atoms with Crippen LogP contribution in [-0.4, -0.2) is 40.2 Å². The van der Waals surface area contributed by atoms with Crippen LogP contribution in [0.15, 0.2) is 53.6 Å². The van der Waals surface area contributed by atoms with Crippen LogP contribution in [-0.2, 0) is 13.0 Å². The topological polar surface area (TPSA) is 97.7 Å². The van der Waals surface area contributed by atoms with Crippen molar-refractivity contribution in [1.29, 1.82) is 0 Å². The molecule has 0 radical (unpaired) electrons. The number of aromatic amines is 1. The molecular weight excluding hydrogens is 501 g/mol. The molecule has 8 nitrogen and oxygen atoms in total. The molecule has 0 aliphatic heterocycles. The number of hydrogen-bond donors (Lipinski definition) is 2. The van der Waals surface area contributed by atoms with Gasteiger partial charge in [-0.05, 0) is 54.8 Å². The highest BCUT2D eigenvalue weighted by atomic mass is 19.4. The van der Waals surface area contributed by atoms with Crippen LogP contribution in [0.3, 0.4) is 0 Å². The zero-order valence-corrected chi connectivity index (χ0v) is 21.1. The molecule has 0 aliphatic rings. The van der Waals surface area contributed by atoms with Crippen molar-refractivity contribution in [2.24, 2.45) is 0 Å². The molecular formula is C27H27F3N4O4. The summed E-state index contributed by atoms with van der Waals surface area (Å²) in [6.45, 7) is 1.66. The fourth-order valence-electron chi connectivity index (χ4n) is 4.10. The van der Waals surface area contributed by atoms with Gasteiger partial charge in [0.1, 0.15) is 23.5 Å². The zero-order chi connectivity index (χ0) is 27.4. The quantitative estimate of drug-likeness (QED) is 0.324. The Morgan fingerprint density at radius 2 is 1.87 bits per heavy atom. The van der Waals surface area contributed by atoms with Crippen molar-refractivity contribution in [1.82, 2.24) is 19.7 Å². The first-order valence-corrected chi connectivity index (χ1v) is 11.9. The second kappa shape index (κ2) is 11.0. The van der Waals surface area contributed by atoms with E-state index in [0.717, 1.165) is 28.8 Å². The largest absolute Gasteiger partial charge is 0.497 e. The summed E-state index contributed by atoms with van der Waals surface area (Å²) in [6.07, 6.45) is -1.45. The molecule has 38 heavy (non-hydrogen) atoms. The second-order valence-corrected chi connectivity index (χ2v) is 8.77. The van der Waals surface area contributed by atoms with Crippen molar-refractivity contribution in [2.75, 3.05) is 13.7 Å². The third-order valence-electron chi connectivity index (χ3n) is 5.92. The van der Waals surface area contributed by atoms with Crippen molar-refractivity contribution in [2.45, 2.75) is 39.4 Å². The number of alkyl halides is 3. The van der Waals surface area contributed by atoms with Crippen molar-refractivity contribution >= 4 is 11.4 Å². The number of methoxy groups -OCH3 is 1. The summed E-state index contributed by atoms with van der Waals surface area (Å²) in [5.74, 6) is -0.0860. The van der Waals surface area contributed by atoms with E-state index >= 15 is 0 Å². The van der Waals surface area contributed by atoms with Crippen molar-refractivity contribution < 1.29 is 27.4 Å². The normalized spacial score (nSPS) is 11.5. The Kier molecular flexibility index (Phi) is 7.75. The number of pyridine rings is 2. The first kappa shape index (κ1) is 26.8. The molecule has 200 valence electrons. The van der Waals surface area contributed by atoms with Gasteiger partial charge >= 0.3 is 6.18 Å². The second-order valence-electron chi connectivity index (χ2n) is 8.77. The molecule has 3 heterocycles. The summed E-state index contributed by atoms with van der Waals surface area (Å²) < 4.78 is 50.0. The van der Waals surface area contributed by atoms with Crippen molar-refractivity contribution in [3.63, 3.8) is 0 Å². The van der Waals surface area contributed by atoms with E-state index in [2.05, 4.69) is 15.3 Å². The van der Waals surface area contributed by atoms with Gasteiger partial charge in [-0.2, -0.15) is 13.2 Å². The minimum Gasteiger partial charge on any atom is -0.497 e. The van der Waals surface area contributed by atoms with Crippen LogP contribution in [0.1, 0.15) is 40.8 Å². The van der Waals surface area contributed by atoms with Crippen LogP contribution >= 0.6 is 0 Å². The van der Waals surface area contributed by atoms with Crippen LogP contribution in [0.5, 0.6) is 11.5 Å². The Morgan fingerprint density at radius 1 is 1.13 bits per heavy atom. The molecule has 0 aliphatic carbocycles. The number of amides is 1. The Labute approximate surface area is 216 Å². The van der Waals surface area contributed by atoms with Crippen LogP contribution < -0.4 is 20.3 Å². The van der Waals surface area contributed by atoms with E-state index in [0.29, 0.717) is 17.9 Å².